The van der Waals surface area contributed by atoms with E-state index in [2.05, 4.69) is 0 Å². The minimum atomic E-state index is -0.616. The van der Waals surface area contributed by atoms with E-state index in [1.807, 2.05) is 54.6 Å². The number of rotatable bonds is 4. The molecule has 32 heavy (non-hydrogen) atoms. The predicted molar refractivity (Wildman–Crippen MR) is 121 cm³/mol. The van der Waals surface area contributed by atoms with Crippen LogP contribution in [0.1, 0.15) is 32.0 Å². The minimum Gasteiger partial charge on any atom is -0.452 e. The normalized spacial score (nSPS) is 14.2. The minimum absolute atomic E-state index is 0.106. The molecule has 5 heteroatoms. The number of hydrogen-bond donors (Lipinski definition) is 0. The molecule has 0 bridgehead atoms. The molecule has 0 spiro atoms. The number of furan rings is 1. The summed E-state index contributed by atoms with van der Waals surface area (Å²) < 4.78 is 16.9. The maximum absolute atomic E-state index is 12.7. The van der Waals surface area contributed by atoms with E-state index in [9.17, 15) is 9.59 Å². The lowest BCUT2D eigenvalue weighted by molar-refractivity contribution is 0.0702. The van der Waals surface area contributed by atoms with E-state index in [1.165, 1.54) is 0 Å². The molecule has 1 aliphatic heterocycles. The summed E-state index contributed by atoms with van der Waals surface area (Å²) in [5, 5.41) is 0.817. The van der Waals surface area contributed by atoms with Crippen molar-refractivity contribution in [1.82, 2.24) is 0 Å². The molecule has 0 saturated heterocycles. The fourth-order valence-electron chi connectivity index (χ4n) is 3.54. The Bertz CT molecular complexity index is 1370. The molecule has 0 aliphatic carbocycles. The summed E-state index contributed by atoms with van der Waals surface area (Å²) in [6.07, 6.45) is 5.29. The maximum atomic E-state index is 12.7. The molecule has 0 saturated carbocycles. The standard InChI is InChI=1S/C27H18O5/c1-17-21(32-27(29)24-16-19-11-5-6-12-22(19)30-24)15-14-20-25(28)23(31-26(17)20)13-7-10-18-8-3-2-4-9-18/h2-16H,1H3/b10-7+,23-13-. The third kappa shape index (κ3) is 3.61. The molecule has 4 aromatic rings. The topological polar surface area (TPSA) is 65.7 Å². The Hall–Kier alpha value is -4.38. The van der Waals surface area contributed by atoms with Gasteiger partial charge in [-0.15, -0.1) is 0 Å². The number of fused-ring (bicyclic) bond motifs is 2. The highest BCUT2D eigenvalue weighted by Crippen LogP contribution is 2.39. The molecule has 156 valence electrons. The van der Waals surface area contributed by atoms with E-state index in [1.54, 1.807) is 43.3 Å². The largest absolute Gasteiger partial charge is 0.452 e. The van der Waals surface area contributed by atoms with Crippen LogP contribution < -0.4 is 9.47 Å². The van der Waals surface area contributed by atoms with Gasteiger partial charge < -0.3 is 13.9 Å². The average Bonchev–Trinajstić information content (AvgIpc) is 3.38. The lowest BCUT2D eigenvalue weighted by Gasteiger charge is -2.09. The summed E-state index contributed by atoms with van der Waals surface area (Å²) in [4.78, 5) is 25.3. The monoisotopic (exact) mass is 422 g/mol. The number of ether oxygens (including phenoxy) is 2. The maximum Gasteiger partial charge on any atom is 0.379 e. The van der Waals surface area contributed by atoms with Crippen LogP contribution in [0.2, 0.25) is 0 Å². The van der Waals surface area contributed by atoms with Crippen molar-refractivity contribution in [2.45, 2.75) is 6.92 Å². The summed E-state index contributed by atoms with van der Waals surface area (Å²) in [5.41, 5.74) is 2.63. The van der Waals surface area contributed by atoms with Crippen molar-refractivity contribution in [2.75, 3.05) is 0 Å². The average molecular weight is 422 g/mol. The van der Waals surface area contributed by atoms with Gasteiger partial charge in [-0.25, -0.2) is 4.79 Å². The highest BCUT2D eigenvalue weighted by Gasteiger charge is 2.30. The van der Waals surface area contributed by atoms with Gasteiger partial charge in [-0.2, -0.15) is 0 Å². The van der Waals surface area contributed by atoms with Gasteiger partial charge in [-0.3, -0.25) is 4.79 Å². The smallest absolute Gasteiger partial charge is 0.379 e. The second-order valence-electron chi connectivity index (χ2n) is 7.34. The van der Waals surface area contributed by atoms with Gasteiger partial charge >= 0.3 is 5.97 Å². The quantitative estimate of drug-likeness (QED) is 0.225. The number of ketones is 1. The first-order chi connectivity index (χ1) is 15.6. The number of Topliss-reactive ketones (excluding diaryl/α,β-unsaturated/α-hetero) is 1. The van der Waals surface area contributed by atoms with Crippen LogP contribution in [-0.4, -0.2) is 11.8 Å². The highest BCUT2D eigenvalue weighted by atomic mass is 16.5. The Morgan fingerprint density at radius 2 is 1.75 bits per heavy atom. The third-order valence-electron chi connectivity index (χ3n) is 5.20. The first kappa shape index (κ1) is 19.6. The Balaban J connectivity index is 1.37. The van der Waals surface area contributed by atoms with Gasteiger partial charge in [0.05, 0.1) is 5.56 Å². The summed E-state index contributed by atoms with van der Waals surface area (Å²) >= 11 is 0. The third-order valence-corrected chi connectivity index (χ3v) is 5.20. The molecule has 0 unspecified atom stereocenters. The molecule has 5 rings (SSSR count). The number of carbonyl (C=O) groups excluding carboxylic acids is 2. The molecule has 5 nitrogen and oxygen atoms in total. The zero-order chi connectivity index (χ0) is 22.1. The number of hydrogen-bond acceptors (Lipinski definition) is 5. The fraction of sp³-hybridized carbons (Fsp3) is 0.0370. The van der Waals surface area contributed by atoms with Crippen molar-refractivity contribution in [3.05, 3.63) is 113 Å². The fourth-order valence-corrected chi connectivity index (χ4v) is 3.54. The van der Waals surface area contributed by atoms with E-state index < -0.39 is 5.97 Å². The number of para-hydroxylation sites is 1. The molecule has 3 aromatic carbocycles. The van der Waals surface area contributed by atoms with Crippen LogP contribution >= 0.6 is 0 Å². The zero-order valence-corrected chi connectivity index (χ0v) is 17.2. The Kier molecular flexibility index (Phi) is 4.92. The molecule has 1 aliphatic rings. The van der Waals surface area contributed by atoms with Crippen LogP contribution in [0.3, 0.4) is 0 Å². The molecular weight excluding hydrogens is 404 g/mol. The first-order valence-electron chi connectivity index (χ1n) is 10.1. The Morgan fingerprint density at radius 3 is 2.56 bits per heavy atom. The van der Waals surface area contributed by atoms with Crippen molar-refractivity contribution in [2.24, 2.45) is 0 Å². The van der Waals surface area contributed by atoms with Gasteiger partial charge in [0.1, 0.15) is 17.1 Å². The van der Waals surface area contributed by atoms with E-state index in [0.717, 1.165) is 10.9 Å². The second kappa shape index (κ2) is 8.04. The zero-order valence-electron chi connectivity index (χ0n) is 17.2. The lowest BCUT2D eigenvalue weighted by Crippen LogP contribution is -2.08. The van der Waals surface area contributed by atoms with Gasteiger partial charge in [-0.1, -0.05) is 60.7 Å². The number of esters is 1. The molecule has 1 aromatic heterocycles. The van der Waals surface area contributed by atoms with Gasteiger partial charge in [0.15, 0.2) is 5.76 Å². The van der Waals surface area contributed by atoms with Gasteiger partial charge in [0, 0.05) is 10.9 Å². The van der Waals surface area contributed by atoms with E-state index in [-0.39, 0.29) is 17.3 Å². The first-order valence-corrected chi connectivity index (χ1v) is 10.1. The Morgan fingerprint density at radius 1 is 0.969 bits per heavy atom. The summed E-state index contributed by atoms with van der Waals surface area (Å²) in [5.74, 6) is 0.198. The predicted octanol–water partition coefficient (Wildman–Crippen LogP) is 6.13. The molecule has 0 fully saturated rings. The van der Waals surface area contributed by atoms with E-state index in [0.29, 0.717) is 28.2 Å². The molecular formula is C27H18O5. The molecule has 0 N–H and O–H groups in total. The van der Waals surface area contributed by atoms with Gasteiger partial charge in [0.2, 0.25) is 11.5 Å². The van der Waals surface area contributed by atoms with Crippen LogP contribution in [0.15, 0.2) is 95.1 Å². The highest BCUT2D eigenvalue weighted by molar-refractivity contribution is 6.13. The second-order valence-corrected chi connectivity index (χ2v) is 7.34. The van der Waals surface area contributed by atoms with Crippen molar-refractivity contribution in [3.8, 4) is 11.5 Å². The molecule has 0 radical (unpaired) electrons. The van der Waals surface area contributed by atoms with Crippen molar-refractivity contribution < 1.29 is 23.5 Å². The van der Waals surface area contributed by atoms with E-state index in [4.69, 9.17) is 13.9 Å². The van der Waals surface area contributed by atoms with Crippen LogP contribution in [0, 0.1) is 6.92 Å². The SMILES string of the molecule is Cc1c(OC(=O)c2cc3ccccc3o2)ccc2c1O/C(=C\C=C\c1ccccc1)C2=O. The summed E-state index contributed by atoms with van der Waals surface area (Å²) in [6, 6.07) is 21.9. The van der Waals surface area contributed by atoms with Crippen molar-refractivity contribution in [3.63, 3.8) is 0 Å². The summed E-state index contributed by atoms with van der Waals surface area (Å²) in [6.45, 7) is 1.75. The number of carbonyl (C=O) groups is 2. The lowest BCUT2D eigenvalue weighted by atomic mass is 10.1. The van der Waals surface area contributed by atoms with Crippen molar-refractivity contribution >= 4 is 28.8 Å². The van der Waals surface area contributed by atoms with Crippen LogP contribution in [-0.2, 0) is 0 Å². The number of benzene rings is 3. The van der Waals surface area contributed by atoms with Gasteiger partial charge in [0.25, 0.3) is 0 Å². The Labute approximate surface area is 184 Å². The molecule has 0 amide bonds. The van der Waals surface area contributed by atoms with E-state index >= 15 is 0 Å². The van der Waals surface area contributed by atoms with Crippen LogP contribution in [0.25, 0.3) is 17.0 Å². The summed E-state index contributed by atoms with van der Waals surface area (Å²) in [7, 11) is 0. The van der Waals surface area contributed by atoms with Crippen LogP contribution in [0.5, 0.6) is 11.5 Å². The molecule has 2 heterocycles. The molecule has 0 atom stereocenters. The van der Waals surface area contributed by atoms with Gasteiger partial charge in [-0.05, 0) is 42.8 Å². The van der Waals surface area contributed by atoms with Crippen LogP contribution in [0.4, 0.5) is 0 Å². The number of allylic oxidation sites excluding steroid dienone is 3. The van der Waals surface area contributed by atoms with Crippen molar-refractivity contribution in [1.29, 1.82) is 0 Å².